The van der Waals surface area contributed by atoms with E-state index in [1.807, 2.05) is 6.08 Å². The molecule has 0 aliphatic carbocycles. The Morgan fingerprint density at radius 3 is 3.50 bits per heavy atom. The minimum Gasteiger partial charge on any atom is -0.291 e. The first-order chi connectivity index (χ1) is 4.92. The molecular formula is C8H12N2. The van der Waals surface area contributed by atoms with Crippen molar-refractivity contribution in [1.82, 2.24) is 10.2 Å². The fraction of sp³-hybridized carbons (Fsp3) is 0.500. The smallest absolute Gasteiger partial charge is 0.0803 e. The van der Waals surface area contributed by atoms with Crippen LogP contribution in [-0.2, 0) is 0 Å². The van der Waals surface area contributed by atoms with E-state index in [-0.39, 0.29) is 0 Å². The Bertz CT molecular complexity index is 174. The Morgan fingerprint density at radius 2 is 2.70 bits per heavy atom. The van der Waals surface area contributed by atoms with E-state index in [1.165, 1.54) is 0 Å². The average molecular weight is 136 g/mol. The normalized spacial score (nSPS) is 37.2. The number of hydrogen-bond acceptors (Lipinski definition) is 2. The second-order valence-corrected chi connectivity index (χ2v) is 2.81. The molecule has 0 radical (unpaired) electrons. The molecule has 1 saturated heterocycles. The lowest BCUT2D eigenvalue weighted by Crippen LogP contribution is -2.31. The summed E-state index contributed by atoms with van der Waals surface area (Å²) in [7, 11) is 0. The van der Waals surface area contributed by atoms with Crippen LogP contribution in [0.15, 0.2) is 24.8 Å². The zero-order chi connectivity index (χ0) is 6.97. The first-order valence-electron chi connectivity index (χ1n) is 3.69. The van der Waals surface area contributed by atoms with Gasteiger partial charge in [-0.2, -0.15) is 0 Å². The number of nitrogens with zero attached hydrogens (tertiary/aromatic N) is 1. The lowest BCUT2D eigenvalue weighted by Gasteiger charge is -2.19. The maximum atomic E-state index is 3.71. The number of hydrogen-bond donors (Lipinski definition) is 1. The van der Waals surface area contributed by atoms with Gasteiger partial charge in [-0.15, -0.1) is 6.58 Å². The van der Waals surface area contributed by atoms with E-state index in [4.69, 9.17) is 0 Å². The van der Waals surface area contributed by atoms with Gasteiger partial charge in [0, 0.05) is 13.1 Å². The van der Waals surface area contributed by atoms with Gasteiger partial charge in [-0.25, -0.2) is 0 Å². The predicted octanol–water partition coefficient (Wildman–Crippen LogP) is 0.342. The van der Waals surface area contributed by atoms with Gasteiger partial charge < -0.3 is 0 Å². The van der Waals surface area contributed by atoms with Gasteiger partial charge in [-0.1, -0.05) is 18.2 Å². The molecule has 0 bridgehead atoms. The van der Waals surface area contributed by atoms with Crippen LogP contribution >= 0.6 is 0 Å². The molecular weight excluding hydrogens is 124 g/mol. The summed E-state index contributed by atoms with van der Waals surface area (Å²) in [6.07, 6.45) is 7.02. The van der Waals surface area contributed by atoms with Gasteiger partial charge in [0.2, 0.25) is 0 Å². The molecule has 2 unspecified atom stereocenters. The zero-order valence-electron chi connectivity index (χ0n) is 5.96. The summed E-state index contributed by atoms with van der Waals surface area (Å²) in [6, 6.07) is 0.633. The lowest BCUT2D eigenvalue weighted by molar-refractivity contribution is 0.310. The minimum absolute atomic E-state index is 0.614. The highest BCUT2D eigenvalue weighted by molar-refractivity contribution is 5.16. The molecule has 10 heavy (non-hydrogen) atoms. The Kier molecular flexibility index (Phi) is 1.36. The van der Waals surface area contributed by atoms with Gasteiger partial charge in [0.1, 0.15) is 0 Å². The molecule has 1 N–H and O–H groups in total. The van der Waals surface area contributed by atoms with Gasteiger partial charge in [0.05, 0.1) is 12.2 Å². The second-order valence-electron chi connectivity index (χ2n) is 2.81. The minimum atomic E-state index is 0.614. The highest BCUT2D eigenvalue weighted by atomic mass is 15.4. The molecule has 1 fully saturated rings. The van der Waals surface area contributed by atoms with Crippen molar-refractivity contribution in [2.45, 2.75) is 12.2 Å². The third-order valence-corrected chi connectivity index (χ3v) is 2.03. The molecule has 0 aromatic carbocycles. The summed E-state index contributed by atoms with van der Waals surface area (Å²) in [4.78, 5) is 2.37. The van der Waals surface area contributed by atoms with Crippen LogP contribution in [0.1, 0.15) is 0 Å². The van der Waals surface area contributed by atoms with Crippen molar-refractivity contribution in [1.29, 1.82) is 0 Å². The second kappa shape index (κ2) is 2.22. The van der Waals surface area contributed by atoms with Crippen LogP contribution in [0.2, 0.25) is 0 Å². The average Bonchev–Trinajstić information content (AvgIpc) is 2.67. The Hall–Kier alpha value is -0.600. The summed E-state index contributed by atoms with van der Waals surface area (Å²) in [5.41, 5.74) is 0. The third kappa shape index (κ3) is 0.895. The molecule has 2 heteroatoms. The van der Waals surface area contributed by atoms with E-state index < -0.39 is 0 Å². The highest BCUT2D eigenvalue weighted by Gasteiger charge is 2.39. The van der Waals surface area contributed by atoms with Gasteiger partial charge in [-0.3, -0.25) is 10.2 Å². The van der Waals surface area contributed by atoms with Crippen LogP contribution in [0.4, 0.5) is 0 Å². The zero-order valence-corrected chi connectivity index (χ0v) is 5.96. The standard InChI is InChI=1S/C8H12N2/c1-2-5-10-6-3-4-7-8(10)9-7/h2-4,7-9H,1,5-6H2. The van der Waals surface area contributed by atoms with Crippen LogP contribution in [0.5, 0.6) is 0 Å². The summed E-state index contributed by atoms with van der Waals surface area (Å²) in [6.45, 7) is 5.78. The molecule has 2 rings (SSSR count). The van der Waals surface area contributed by atoms with E-state index in [9.17, 15) is 0 Å². The summed E-state index contributed by atoms with van der Waals surface area (Å²) in [5, 5.41) is 3.36. The largest absolute Gasteiger partial charge is 0.291 e. The summed E-state index contributed by atoms with van der Waals surface area (Å²) >= 11 is 0. The lowest BCUT2D eigenvalue weighted by atomic mass is 10.2. The van der Waals surface area contributed by atoms with Crippen LogP contribution in [0.3, 0.4) is 0 Å². The summed E-state index contributed by atoms with van der Waals surface area (Å²) < 4.78 is 0. The maximum Gasteiger partial charge on any atom is 0.0803 e. The molecule has 0 spiro atoms. The highest BCUT2D eigenvalue weighted by Crippen LogP contribution is 2.20. The van der Waals surface area contributed by atoms with E-state index in [0.717, 1.165) is 13.1 Å². The van der Waals surface area contributed by atoms with Gasteiger partial charge in [-0.05, 0) is 0 Å². The number of nitrogens with one attached hydrogen (secondary N) is 1. The van der Waals surface area contributed by atoms with Gasteiger partial charge in [0.15, 0.2) is 0 Å². The van der Waals surface area contributed by atoms with Crippen molar-refractivity contribution in [2.75, 3.05) is 13.1 Å². The Balaban J connectivity index is 1.98. The maximum absolute atomic E-state index is 3.71. The molecule has 2 atom stereocenters. The van der Waals surface area contributed by atoms with Crippen molar-refractivity contribution in [3.63, 3.8) is 0 Å². The van der Waals surface area contributed by atoms with Gasteiger partial charge >= 0.3 is 0 Å². The van der Waals surface area contributed by atoms with E-state index in [0.29, 0.717) is 12.2 Å². The molecule has 2 aliphatic heterocycles. The van der Waals surface area contributed by atoms with E-state index >= 15 is 0 Å². The molecule has 54 valence electrons. The Labute approximate surface area is 61.2 Å². The Morgan fingerprint density at radius 1 is 1.80 bits per heavy atom. The van der Waals surface area contributed by atoms with Crippen LogP contribution in [0.25, 0.3) is 0 Å². The van der Waals surface area contributed by atoms with E-state index in [2.05, 4.69) is 28.9 Å². The molecule has 0 saturated carbocycles. The molecule has 2 aliphatic rings. The van der Waals surface area contributed by atoms with Crippen LogP contribution in [-0.4, -0.2) is 30.2 Å². The van der Waals surface area contributed by atoms with Crippen LogP contribution < -0.4 is 5.32 Å². The topological polar surface area (TPSA) is 25.2 Å². The number of fused-ring (bicyclic) bond motifs is 1. The van der Waals surface area contributed by atoms with Crippen molar-refractivity contribution in [3.05, 3.63) is 24.8 Å². The quantitative estimate of drug-likeness (QED) is 0.437. The number of rotatable bonds is 2. The van der Waals surface area contributed by atoms with Gasteiger partial charge in [0.25, 0.3) is 0 Å². The first-order valence-corrected chi connectivity index (χ1v) is 3.69. The molecule has 0 aromatic heterocycles. The molecule has 0 amide bonds. The summed E-state index contributed by atoms with van der Waals surface area (Å²) in [5.74, 6) is 0. The molecule has 2 nitrogen and oxygen atoms in total. The predicted molar refractivity (Wildman–Crippen MR) is 41.6 cm³/mol. The first kappa shape index (κ1) is 6.13. The van der Waals surface area contributed by atoms with Crippen molar-refractivity contribution in [2.24, 2.45) is 0 Å². The SMILES string of the molecule is C=CCN1CC=CC2NC21. The van der Waals surface area contributed by atoms with Crippen molar-refractivity contribution in [3.8, 4) is 0 Å². The van der Waals surface area contributed by atoms with Crippen molar-refractivity contribution >= 4 is 0 Å². The third-order valence-electron chi connectivity index (χ3n) is 2.03. The molecule has 0 aromatic rings. The molecule has 2 heterocycles. The monoisotopic (exact) mass is 136 g/mol. The fourth-order valence-electron chi connectivity index (χ4n) is 1.45. The van der Waals surface area contributed by atoms with Crippen LogP contribution in [0, 0.1) is 0 Å². The fourth-order valence-corrected chi connectivity index (χ4v) is 1.45. The van der Waals surface area contributed by atoms with E-state index in [1.54, 1.807) is 0 Å². The van der Waals surface area contributed by atoms with Crippen molar-refractivity contribution < 1.29 is 0 Å².